The number of halogens is 1. The molecule has 0 aromatic carbocycles. The number of carbonyl (C=O) groups is 1. The lowest BCUT2D eigenvalue weighted by Gasteiger charge is -2.12. The Labute approximate surface area is 64.6 Å². The number of aliphatic hydroxyl groups excluding tert-OH is 2. The van der Waals surface area contributed by atoms with Gasteiger partial charge in [0, 0.05) is 6.42 Å². The lowest BCUT2D eigenvalue weighted by molar-refractivity contribution is -0.131. The first kappa shape index (κ1) is 9.88. The molecule has 0 saturated carbocycles. The Bertz CT molecular complexity index is 116. The Morgan fingerprint density at radius 1 is 1.60 bits per heavy atom. The average Bonchev–Trinajstić information content (AvgIpc) is 2.00. The van der Waals surface area contributed by atoms with E-state index in [1.807, 2.05) is 0 Å². The zero-order chi connectivity index (χ0) is 8.15. The van der Waals surface area contributed by atoms with E-state index in [1.165, 1.54) is 0 Å². The fourth-order valence-electron chi connectivity index (χ4n) is 0.508. The van der Waals surface area contributed by atoms with Crippen molar-refractivity contribution in [1.29, 1.82) is 0 Å². The Kier molecular flexibility index (Phi) is 4.60. The van der Waals surface area contributed by atoms with Gasteiger partial charge in [0.05, 0.1) is 5.88 Å². The summed E-state index contributed by atoms with van der Waals surface area (Å²) in [6, 6.07) is 0. The Morgan fingerprint density at radius 2 is 2.10 bits per heavy atom. The first-order valence-corrected chi connectivity index (χ1v) is 3.61. The highest BCUT2D eigenvalue weighted by Gasteiger charge is 2.20. The minimum Gasteiger partial charge on any atom is -0.389 e. The summed E-state index contributed by atoms with van der Waals surface area (Å²) in [5.74, 6) is -0.499. The summed E-state index contributed by atoms with van der Waals surface area (Å²) in [4.78, 5) is 10.6. The van der Waals surface area contributed by atoms with Gasteiger partial charge in [0.15, 0.2) is 5.78 Å². The minimum atomic E-state index is -1.32. The van der Waals surface area contributed by atoms with Gasteiger partial charge in [0.1, 0.15) is 12.2 Å². The fraction of sp³-hybridized carbons (Fsp3) is 0.833. The van der Waals surface area contributed by atoms with Crippen LogP contribution in [0.25, 0.3) is 0 Å². The van der Waals surface area contributed by atoms with Crippen LogP contribution >= 0.6 is 11.6 Å². The van der Waals surface area contributed by atoms with Gasteiger partial charge in [-0.25, -0.2) is 0 Å². The van der Waals surface area contributed by atoms with Crippen LogP contribution in [0.15, 0.2) is 0 Å². The van der Waals surface area contributed by atoms with Gasteiger partial charge < -0.3 is 10.2 Å². The molecule has 0 rings (SSSR count). The lowest BCUT2D eigenvalue weighted by atomic mass is 10.1. The van der Waals surface area contributed by atoms with Gasteiger partial charge >= 0.3 is 0 Å². The Hall–Kier alpha value is -0.120. The van der Waals surface area contributed by atoms with Gasteiger partial charge in [-0.3, -0.25) is 4.79 Å². The molecule has 0 aromatic heterocycles. The molecule has 0 radical (unpaired) electrons. The maximum Gasteiger partial charge on any atom is 0.163 e. The molecule has 0 fully saturated rings. The average molecular weight is 167 g/mol. The maximum atomic E-state index is 10.6. The van der Waals surface area contributed by atoms with Gasteiger partial charge in [-0.2, -0.15) is 0 Å². The molecule has 4 heteroatoms. The van der Waals surface area contributed by atoms with Crippen molar-refractivity contribution < 1.29 is 15.0 Å². The van der Waals surface area contributed by atoms with Crippen LogP contribution in [0.1, 0.15) is 13.3 Å². The van der Waals surface area contributed by atoms with Crippen molar-refractivity contribution >= 4 is 17.4 Å². The van der Waals surface area contributed by atoms with Crippen molar-refractivity contribution in [3.8, 4) is 0 Å². The molecule has 10 heavy (non-hydrogen) atoms. The molecule has 0 aliphatic heterocycles. The standard InChI is InChI=1S/C6H11ClO3/c1-2-4(8)6(10)5(9)3-7/h5-6,9-10H,2-3H2,1H3/t5-,6-/m1/s1. The van der Waals surface area contributed by atoms with E-state index in [2.05, 4.69) is 0 Å². The third kappa shape index (κ3) is 2.64. The SMILES string of the molecule is CCC(=O)[C@@H](O)[C@H](O)CCl. The minimum absolute atomic E-state index is 0.118. The number of Topliss-reactive ketones (excluding diaryl/α,β-unsaturated/α-hetero) is 1. The van der Waals surface area contributed by atoms with E-state index in [1.54, 1.807) is 6.92 Å². The van der Waals surface area contributed by atoms with E-state index >= 15 is 0 Å². The maximum absolute atomic E-state index is 10.6. The summed E-state index contributed by atoms with van der Waals surface area (Å²) < 4.78 is 0. The van der Waals surface area contributed by atoms with E-state index in [9.17, 15) is 4.79 Å². The largest absolute Gasteiger partial charge is 0.389 e. The van der Waals surface area contributed by atoms with Crippen LogP contribution in [-0.2, 0) is 4.79 Å². The third-order valence-corrected chi connectivity index (χ3v) is 1.52. The van der Waals surface area contributed by atoms with Gasteiger partial charge in [0.2, 0.25) is 0 Å². The van der Waals surface area contributed by atoms with Crippen molar-refractivity contribution in [2.75, 3.05) is 5.88 Å². The van der Waals surface area contributed by atoms with E-state index in [4.69, 9.17) is 21.8 Å². The second-order valence-corrected chi connectivity index (χ2v) is 2.29. The van der Waals surface area contributed by atoms with E-state index in [0.717, 1.165) is 0 Å². The van der Waals surface area contributed by atoms with E-state index in [0.29, 0.717) is 0 Å². The van der Waals surface area contributed by atoms with Crippen molar-refractivity contribution in [3.63, 3.8) is 0 Å². The molecule has 2 atom stereocenters. The van der Waals surface area contributed by atoms with Crippen LogP contribution in [0.3, 0.4) is 0 Å². The van der Waals surface area contributed by atoms with E-state index < -0.39 is 12.2 Å². The predicted molar refractivity (Wildman–Crippen MR) is 38.0 cm³/mol. The zero-order valence-electron chi connectivity index (χ0n) is 5.75. The molecule has 0 aliphatic carbocycles. The monoisotopic (exact) mass is 166 g/mol. The molecule has 0 unspecified atom stereocenters. The number of carbonyl (C=O) groups excluding carboxylic acids is 1. The van der Waals surface area contributed by atoms with Crippen LogP contribution in [-0.4, -0.2) is 34.1 Å². The van der Waals surface area contributed by atoms with Crippen molar-refractivity contribution in [3.05, 3.63) is 0 Å². The van der Waals surface area contributed by atoms with E-state index in [-0.39, 0.29) is 18.1 Å². The molecule has 0 aromatic rings. The summed E-state index contributed by atoms with van der Waals surface area (Å²) in [5.41, 5.74) is 0. The van der Waals surface area contributed by atoms with Gasteiger partial charge in [-0.05, 0) is 0 Å². The quantitative estimate of drug-likeness (QED) is 0.575. The first-order chi connectivity index (χ1) is 4.63. The highest BCUT2D eigenvalue weighted by Crippen LogP contribution is 1.99. The Morgan fingerprint density at radius 3 is 2.40 bits per heavy atom. The predicted octanol–water partition coefficient (Wildman–Crippen LogP) is -0.0739. The highest BCUT2D eigenvalue weighted by molar-refractivity contribution is 6.18. The second-order valence-electron chi connectivity index (χ2n) is 1.99. The molecule has 0 aliphatic rings. The molecule has 0 heterocycles. The third-order valence-electron chi connectivity index (χ3n) is 1.20. The highest BCUT2D eigenvalue weighted by atomic mass is 35.5. The van der Waals surface area contributed by atoms with Crippen molar-refractivity contribution in [2.24, 2.45) is 0 Å². The summed E-state index contributed by atoms with van der Waals surface area (Å²) in [6.45, 7) is 1.62. The normalized spacial score (nSPS) is 16.4. The lowest BCUT2D eigenvalue weighted by Crippen LogP contribution is -2.34. The summed E-state index contributed by atoms with van der Waals surface area (Å²) in [5, 5.41) is 17.7. The number of aliphatic hydroxyl groups is 2. The number of rotatable bonds is 4. The van der Waals surface area contributed by atoms with Crippen LogP contribution < -0.4 is 0 Å². The molecule has 0 bridgehead atoms. The second kappa shape index (κ2) is 4.66. The van der Waals surface area contributed by atoms with Crippen LogP contribution in [0.4, 0.5) is 0 Å². The molecule has 3 nitrogen and oxygen atoms in total. The van der Waals surface area contributed by atoms with Gasteiger partial charge in [-0.1, -0.05) is 6.92 Å². The summed E-state index contributed by atoms with van der Waals surface area (Å²) >= 11 is 5.19. The smallest absolute Gasteiger partial charge is 0.163 e. The zero-order valence-corrected chi connectivity index (χ0v) is 6.51. The molecule has 2 N–H and O–H groups in total. The number of alkyl halides is 1. The fourth-order valence-corrected chi connectivity index (χ4v) is 0.677. The molecule has 0 saturated heterocycles. The Balaban J connectivity index is 3.81. The van der Waals surface area contributed by atoms with Crippen LogP contribution in [0.5, 0.6) is 0 Å². The summed E-state index contributed by atoms with van der Waals surface area (Å²) in [6.07, 6.45) is -2.23. The van der Waals surface area contributed by atoms with Crippen LogP contribution in [0.2, 0.25) is 0 Å². The van der Waals surface area contributed by atoms with Crippen molar-refractivity contribution in [2.45, 2.75) is 25.6 Å². The molecular formula is C6H11ClO3. The first-order valence-electron chi connectivity index (χ1n) is 3.08. The molecule has 60 valence electrons. The number of hydrogen-bond acceptors (Lipinski definition) is 3. The van der Waals surface area contributed by atoms with Crippen LogP contribution in [0, 0.1) is 0 Å². The number of ketones is 1. The number of hydrogen-bond donors (Lipinski definition) is 2. The summed E-state index contributed by atoms with van der Waals surface area (Å²) in [7, 11) is 0. The molecular weight excluding hydrogens is 156 g/mol. The van der Waals surface area contributed by atoms with Crippen molar-refractivity contribution in [1.82, 2.24) is 0 Å². The molecule has 0 amide bonds. The van der Waals surface area contributed by atoms with Gasteiger partial charge in [-0.15, -0.1) is 11.6 Å². The van der Waals surface area contributed by atoms with Gasteiger partial charge in [0.25, 0.3) is 0 Å². The topological polar surface area (TPSA) is 57.5 Å². The molecule has 0 spiro atoms.